The van der Waals surface area contributed by atoms with Gasteiger partial charge in [0.1, 0.15) is 0 Å². The van der Waals surface area contributed by atoms with Crippen LogP contribution in [0.15, 0.2) is 0 Å². The lowest BCUT2D eigenvalue weighted by atomic mass is 10.2. The molecule has 0 unspecified atom stereocenters. The number of carbonyl (C=O) groups is 1. The van der Waals surface area contributed by atoms with E-state index in [1.165, 1.54) is 0 Å². The Morgan fingerprint density at radius 2 is 2.14 bits per heavy atom. The summed E-state index contributed by atoms with van der Waals surface area (Å²) < 4.78 is 0. The lowest BCUT2D eigenvalue weighted by molar-refractivity contribution is -0.130. The number of amides is 1. The Bertz CT molecular complexity index is 196. The minimum absolute atomic E-state index is 0.190. The lowest BCUT2D eigenvalue weighted by Gasteiger charge is -2.16. The molecule has 0 fully saturated rings. The maximum atomic E-state index is 11.4. The first-order valence-electron chi connectivity index (χ1n) is 5.10. The molecule has 0 radical (unpaired) electrons. The van der Waals surface area contributed by atoms with Crippen molar-refractivity contribution in [1.82, 2.24) is 4.90 Å². The van der Waals surface area contributed by atoms with Crippen LogP contribution < -0.4 is 5.73 Å². The first-order valence-corrected chi connectivity index (χ1v) is 5.10. The Hall–Kier alpha value is -1.01. The van der Waals surface area contributed by atoms with Crippen molar-refractivity contribution in [2.75, 3.05) is 20.1 Å². The highest BCUT2D eigenvalue weighted by Gasteiger charge is 2.06. The summed E-state index contributed by atoms with van der Waals surface area (Å²) in [4.78, 5) is 13.2. The van der Waals surface area contributed by atoms with Crippen molar-refractivity contribution in [2.24, 2.45) is 5.73 Å². The monoisotopic (exact) mass is 196 g/mol. The van der Waals surface area contributed by atoms with Gasteiger partial charge < -0.3 is 10.6 Å². The van der Waals surface area contributed by atoms with E-state index in [1.54, 1.807) is 4.90 Å². The van der Waals surface area contributed by atoms with Gasteiger partial charge in [0.05, 0.1) is 0 Å². The minimum atomic E-state index is 0.190. The SMILES string of the molecule is C#CCCCCC(=O)N(C)CCCN. The Morgan fingerprint density at radius 3 is 2.71 bits per heavy atom. The predicted octanol–water partition coefficient (Wildman–Crippen LogP) is 0.987. The molecule has 0 aromatic heterocycles. The fourth-order valence-electron chi connectivity index (χ4n) is 1.15. The zero-order valence-corrected chi connectivity index (χ0v) is 8.96. The lowest BCUT2D eigenvalue weighted by Crippen LogP contribution is -2.28. The Labute approximate surface area is 86.6 Å². The molecule has 0 aromatic rings. The molecular formula is C11H20N2O. The molecule has 0 saturated carbocycles. The quantitative estimate of drug-likeness (QED) is 0.487. The van der Waals surface area contributed by atoms with E-state index in [1.807, 2.05) is 7.05 Å². The second kappa shape index (κ2) is 8.58. The molecule has 0 aromatic carbocycles. The molecule has 0 aliphatic heterocycles. The van der Waals surface area contributed by atoms with Crippen molar-refractivity contribution >= 4 is 5.91 Å². The number of hydrogen-bond acceptors (Lipinski definition) is 2. The summed E-state index contributed by atoms with van der Waals surface area (Å²) in [6.07, 6.45) is 9.17. The third kappa shape index (κ3) is 6.50. The van der Waals surface area contributed by atoms with E-state index in [2.05, 4.69) is 5.92 Å². The topological polar surface area (TPSA) is 46.3 Å². The van der Waals surface area contributed by atoms with E-state index in [0.717, 1.165) is 32.2 Å². The summed E-state index contributed by atoms with van der Waals surface area (Å²) in [6.45, 7) is 1.39. The van der Waals surface area contributed by atoms with Crippen LogP contribution in [0.3, 0.4) is 0 Å². The summed E-state index contributed by atoms with van der Waals surface area (Å²) in [7, 11) is 1.82. The van der Waals surface area contributed by atoms with E-state index >= 15 is 0 Å². The van der Waals surface area contributed by atoms with Crippen LogP contribution in [-0.2, 0) is 4.79 Å². The van der Waals surface area contributed by atoms with Gasteiger partial charge in [0.15, 0.2) is 0 Å². The molecule has 0 aliphatic carbocycles. The van der Waals surface area contributed by atoms with Gasteiger partial charge in [-0.3, -0.25) is 4.79 Å². The summed E-state index contributed by atoms with van der Waals surface area (Å²) >= 11 is 0. The van der Waals surface area contributed by atoms with Crippen LogP contribution >= 0.6 is 0 Å². The third-order valence-corrected chi connectivity index (χ3v) is 2.09. The van der Waals surface area contributed by atoms with Gasteiger partial charge in [-0.1, -0.05) is 0 Å². The maximum absolute atomic E-state index is 11.4. The van der Waals surface area contributed by atoms with Crippen LogP contribution in [0.1, 0.15) is 32.1 Å². The van der Waals surface area contributed by atoms with Crippen molar-refractivity contribution < 1.29 is 4.79 Å². The van der Waals surface area contributed by atoms with E-state index < -0.39 is 0 Å². The van der Waals surface area contributed by atoms with Crippen molar-refractivity contribution in [3.63, 3.8) is 0 Å². The largest absolute Gasteiger partial charge is 0.346 e. The molecule has 3 nitrogen and oxygen atoms in total. The van der Waals surface area contributed by atoms with E-state index in [4.69, 9.17) is 12.2 Å². The molecular weight excluding hydrogens is 176 g/mol. The fraction of sp³-hybridized carbons (Fsp3) is 0.727. The van der Waals surface area contributed by atoms with Crippen molar-refractivity contribution in [2.45, 2.75) is 32.1 Å². The standard InChI is InChI=1S/C11H20N2O/c1-3-4-5-6-8-11(14)13(2)10-7-9-12/h1H,4-10,12H2,2H3. The first-order chi connectivity index (χ1) is 6.72. The Balaban J connectivity index is 3.47. The highest BCUT2D eigenvalue weighted by Crippen LogP contribution is 2.02. The average Bonchev–Trinajstić information content (AvgIpc) is 2.20. The normalized spacial score (nSPS) is 9.50. The van der Waals surface area contributed by atoms with E-state index in [0.29, 0.717) is 13.0 Å². The molecule has 14 heavy (non-hydrogen) atoms. The fourth-order valence-corrected chi connectivity index (χ4v) is 1.15. The van der Waals surface area contributed by atoms with Gasteiger partial charge in [-0.15, -0.1) is 12.3 Å². The van der Waals surface area contributed by atoms with Crippen molar-refractivity contribution in [3.05, 3.63) is 0 Å². The molecule has 0 aliphatic rings. The van der Waals surface area contributed by atoms with Gasteiger partial charge in [0, 0.05) is 26.4 Å². The van der Waals surface area contributed by atoms with Crippen LogP contribution in [-0.4, -0.2) is 30.9 Å². The van der Waals surface area contributed by atoms with Crippen LogP contribution in [0.2, 0.25) is 0 Å². The first kappa shape index (κ1) is 13.0. The number of carbonyl (C=O) groups excluding carboxylic acids is 1. The van der Waals surface area contributed by atoms with E-state index in [-0.39, 0.29) is 5.91 Å². The smallest absolute Gasteiger partial charge is 0.222 e. The van der Waals surface area contributed by atoms with Gasteiger partial charge >= 0.3 is 0 Å². The summed E-state index contributed by atoms with van der Waals surface area (Å²) in [6, 6.07) is 0. The molecule has 3 heteroatoms. The number of terminal acetylenes is 1. The molecule has 0 rings (SSSR count). The molecule has 0 bridgehead atoms. The molecule has 0 saturated heterocycles. The molecule has 1 amide bonds. The molecule has 0 atom stereocenters. The second-order valence-corrected chi connectivity index (χ2v) is 3.37. The minimum Gasteiger partial charge on any atom is -0.346 e. The van der Waals surface area contributed by atoms with Gasteiger partial charge in [-0.25, -0.2) is 0 Å². The molecule has 80 valence electrons. The summed E-state index contributed by atoms with van der Waals surface area (Å²) in [5, 5.41) is 0. The number of nitrogens with zero attached hydrogens (tertiary/aromatic N) is 1. The summed E-state index contributed by atoms with van der Waals surface area (Å²) in [5.74, 6) is 2.75. The third-order valence-electron chi connectivity index (χ3n) is 2.09. The van der Waals surface area contributed by atoms with Gasteiger partial charge in [0.25, 0.3) is 0 Å². The number of nitrogens with two attached hydrogens (primary N) is 1. The van der Waals surface area contributed by atoms with Gasteiger partial charge in [0.2, 0.25) is 5.91 Å². The van der Waals surface area contributed by atoms with E-state index in [9.17, 15) is 4.79 Å². The van der Waals surface area contributed by atoms with Crippen LogP contribution in [0.25, 0.3) is 0 Å². The Morgan fingerprint density at radius 1 is 1.43 bits per heavy atom. The highest BCUT2D eigenvalue weighted by molar-refractivity contribution is 5.75. The number of unbranched alkanes of at least 4 members (excludes halogenated alkanes) is 2. The number of rotatable bonds is 7. The zero-order chi connectivity index (χ0) is 10.8. The van der Waals surface area contributed by atoms with Crippen LogP contribution in [0.4, 0.5) is 0 Å². The number of hydrogen-bond donors (Lipinski definition) is 1. The zero-order valence-electron chi connectivity index (χ0n) is 8.96. The average molecular weight is 196 g/mol. The molecule has 0 heterocycles. The molecule has 0 spiro atoms. The van der Waals surface area contributed by atoms with Crippen LogP contribution in [0, 0.1) is 12.3 Å². The maximum Gasteiger partial charge on any atom is 0.222 e. The predicted molar refractivity (Wildman–Crippen MR) is 58.6 cm³/mol. The summed E-state index contributed by atoms with van der Waals surface area (Å²) in [5.41, 5.74) is 5.36. The second-order valence-electron chi connectivity index (χ2n) is 3.37. The van der Waals surface area contributed by atoms with Crippen molar-refractivity contribution in [3.8, 4) is 12.3 Å². The Kier molecular flexibility index (Phi) is 7.96. The van der Waals surface area contributed by atoms with Crippen molar-refractivity contribution in [1.29, 1.82) is 0 Å². The molecule has 2 N–H and O–H groups in total. The highest BCUT2D eigenvalue weighted by atomic mass is 16.2. The van der Waals surface area contributed by atoms with Gasteiger partial charge in [-0.2, -0.15) is 0 Å². The van der Waals surface area contributed by atoms with Crippen LogP contribution in [0.5, 0.6) is 0 Å². The van der Waals surface area contributed by atoms with Gasteiger partial charge in [-0.05, 0) is 25.8 Å².